The van der Waals surface area contributed by atoms with Crippen molar-refractivity contribution in [1.82, 2.24) is 9.47 Å². The Balaban J connectivity index is 1.98. The van der Waals surface area contributed by atoms with Crippen LogP contribution in [0.1, 0.15) is 6.42 Å². The Morgan fingerprint density at radius 1 is 1.31 bits per heavy atom. The summed E-state index contributed by atoms with van der Waals surface area (Å²) < 4.78 is 19.6. The molecule has 0 fully saturated rings. The fourth-order valence-electron chi connectivity index (χ4n) is 3.19. The van der Waals surface area contributed by atoms with Crippen LogP contribution in [0.25, 0.3) is 10.2 Å². The van der Waals surface area contributed by atoms with Crippen LogP contribution in [-0.4, -0.2) is 35.1 Å². The number of quaternary nitrogens is 1. The molecule has 1 aliphatic rings. The minimum atomic E-state index is -1.27. The maximum absolute atomic E-state index is 14.0. The predicted molar refractivity (Wildman–Crippen MR) is 110 cm³/mol. The molecule has 0 bridgehead atoms. The van der Waals surface area contributed by atoms with Crippen molar-refractivity contribution in [2.24, 2.45) is 0 Å². The van der Waals surface area contributed by atoms with Gasteiger partial charge in [-0.05, 0) is 18.2 Å². The number of likely N-dealkylation sites (N-methyl/N-ethyl adjacent to an activating group) is 1. The van der Waals surface area contributed by atoms with Crippen LogP contribution in [-0.2, 0) is 9.59 Å². The van der Waals surface area contributed by atoms with E-state index in [2.05, 4.69) is 4.98 Å². The van der Waals surface area contributed by atoms with Crippen LogP contribution in [0, 0.1) is 5.82 Å². The highest BCUT2D eigenvalue weighted by molar-refractivity contribution is 7.22. The summed E-state index contributed by atoms with van der Waals surface area (Å²) in [6, 6.07) is 5.27. The molecule has 2 atom stereocenters. The summed E-state index contributed by atoms with van der Waals surface area (Å²) >= 11 is 19.6. The van der Waals surface area contributed by atoms with Crippen LogP contribution in [0.4, 0.5) is 15.2 Å². The van der Waals surface area contributed by atoms with Gasteiger partial charge in [0.1, 0.15) is 11.3 Å². The van der Waals surface area contributed by atoms with E-state index in [-0.39, 0.29) is 31.6 Å². The Morgan fingerprint density at radius 3 is 2.72 bits per heavy atom. The van der Waals surface area contributed by atoms with E-state index in [1.165, 1.54) is 19.2 Å². The molecule has 1 aromatic heterocycles. The molecule has 0 saturated carbocycles. The topological polar surface area (TPSA) is 76.5 Å². The number of carboxylic acids is 1. The first-order valence-corrected chi connectivity index (χ1v) is 10.1. The SMILES string of the molecule is C[N+]1(c2nc3c(Cl)c(Cl)c(Cl)cc3s2)C(=O)C(CC(=O)O)Oc2ccc(F)cc21. The van der Waals surface area contributed by atoms with Gasteiger partial charge in [-0.25, -0.2) is 9.18 Å². The van der Waals surface area contributed by atoms with Crippen molar-refractivity contribution in [2.75, 3.05) is 7.05 Å². The second-order valence-corrected chi connectivity index (χ2v) is 8.66. The molecule has 29 heavy (non-hydrogen) atoms. The van der Waals surface area contributed by atoms with Crippen LogP contribution in [0.3, 0.4) is 0 Å². The summed E-state index contributed by atoms with van der Waals surface area (Å²) in [5.74, 6) is -2.18. The average Bonchev–Trinajstić information content (AvgIpc) is 3.09. The van der Waals surface area contributed by atoms with Gasteiger partial charge in [0.25, 0.3) is 5.13 Å². The maximum Gasteiger partial charge on any atom is 0.367 e. The lowest BCUT2D eigenvalue weighted by molar-refractivity contribution is -0.146. The normalized spacial score (nSPS) is 21.1. The Labute approximate surface area is 182 Å². The van der Waals surface area contributed by atoms with Gasteiger partial charge >= 0.3 is 11.9 Å². The minimum Gasteiger partial charge on any atom is -0.481 e. The van der Waals surface area contributed by atoms with Gasteiger partial charge in [0.15, 0.2) is 11.4 Å². The number of carbonyl (C=O) groups excluding carboxylic acids is 1. The summed E-state index contributed by atoms with van der Waals surface area (Å²) in [5.41, 5.74) is 0.538. The number of thiazole rings is 1. The molecular formula is C18H11Cl3FN2O4S+. The fraction of sp³-hybridized carbons (Fsp3) is 0.167. The Hall–Kier alpha value is -1.97. The van der Waals surface area contributed by atoms with E-state index >= 15 is 0 Å². The highest BCUT2D eigenvalue weighted by Gasteiger charge is 2.52. The lowest BCUT2D eigenvalue weighted by Crippen LogP contribution is -2.56. The number of rotatable bonds is 3. The van der Waals surface area contributed by atoms with Crippen molar-refractivity contribution < 1.29 is 23.8 Å². The Bertz CT molecular complexity index is 1200. The molecule has 4 rings (SSSR count). The third kappa shape index (κ3) is 3.15. The summed E-state index contributed by atoms with van der Waals surface area (Å²) in [6.07, 6.45) is -1.82. The molecule has 2 heterocycles. The zero-order valence-electron chi connectivity index (χ0n) is 14.6. The van der Waals surface area contributed by atoms with Gasteiger partial charge < -0.3 is 9.84 Å². The number of halogens is 4. The van der Waals surface area contributed by atoms with Crippen LogP contribution in [0.2, 0.25) is 15.1 Å². The predicted octanol–water partition coefficient (Wildman–Crippen LogP) is 5.43. The van der Waals surface area contributed by atoms with Crippen molar-refractivity contribution in [3.8, 4) is 5.75 Å². The van der Waals surface area contributed by atoms with E-state index < -0.39 is 34.7 Å². The average molecular weight is 477 g/mol. The zero-order valence-corrected chi connectivity index (χ0v) is 17.7. The molecule has 150 valence electrons. The number of ether oxygens (including phenoxy) is 1. The van der Waals surface area contributed by atoms with Crippen molar-refractivity contribution in [3.05, 3.63) is 45.2 Å². The molecule has 0 spiro atoms. The quantitative estimate of drug-likeness (QED) is 0.403. The lowest BCUT2D eigenvalue weighted by atomic mass is 10.1. The Kier molecular flexibility index (Phi) is 4.95. The lowest BCUT2D eigenvalue weighted by Gasteiger charge is -2.36. The molecule has 2 aromatic carbocycles. The van der Waals surface area contributed by atoms with Gasteiger partial charge in [0, 0.05) is 6.07 Å². The molecule has 1 aliphatic heterocycles. The number of carboxylic acid groups (broad SMARTS) is 1. The standard InChI is InChI=1S/C18H10Cl3FN2O4S/c1-24(18-23-16-12(29-18)5-8(19)14(20)15(16)21)9-4-7(22)2-3-10(9)28-11(17(24)27)6-13(25)26/h2-5,11H,6H2,1H3/p+1. The fourth-order valence-corrected chi connectivity index (χ4v) is 5.08. The van der Waals surface area contributed by atoms with E-state index in [1.54, 1.807) is 6.07 Å². The van der Waals surface area contributed by atoms with E-state index in [9.17, 15) is 14.0 Å². The highest BCUT2D eigenvalue weighted by atomic mass is 35.5. The zero-order chi connectivity index (χ0) is 21.1. The first kappa shape index (κ1) is 20.3. The van der Waals surface area contributed by atoms with Crippen molar-refractivity contribution in [1.29, 1.82) is 0 Å². The number of amides is 1. The van der Waals surface area contributed by atoms with Gasteiger partial charge in [0.05, 0.1) is 33.2 Å². The van der Waals surface area contributed by atoms with Crippen molar-refractivity contribution in [3.63, 3.8) is 0 Å². The molecule has 3 aromatic rings. The highest BCUT2D eigenvalue weighted by Crippen LogP contribution is 2.49. The molecule has 0 radical (unpaired) electrons. The number of hydrogen-bond acceptors (Lipinski definition) is 5. The molecule has 0 saturated heterocycles. The van der Waals surface area contributed by atoms with Gasteiger partial charge in [0.2, 0.25) is 6.10 Å². The number of nitrogens with zero attached hydrogens (tertiary/aromatic N) is 2. The number of carbonyl (C=O) groups is 2. The van der Waals surface area contributed by atoms with Gasteiger partial charge in [-0.15, -0.1) is 0 Å². The van der Waals surface area contributed by atoms with Crippen LogP contribution in [0.15, 0.2) is 24.3 Å². The Morgan fingerprint density at radius 2 is 2.03 bits per heavy atom. The monoisotopic (exact) mass is 475 g/mol. The summed E-state index contributed by atoms with van der Waals surface area (Å²) in [7, 11) is 1.51. The second-order valence-electron chi connectivity index (χ2n) is 6.49. The first-order valence-electron chi connectivity index (χ1n) is 8.17. The molecule has 0 aliphatic carbocycles. The molecule has 2 unspecified atom stereocenters. The van der Waals surface area contributed by atoms with E-state index in [0.29, 0.717) is 10.2 Å². The molecule has 11 heteroatoms. The van der Waals surface area contributed by atoms with Gasteiger partial charge in [-0.2, -0.15) is 9.47 Å². The number of aromatic nitrogens is 1. The summed E-state index contributed by atoms with van der Waals surface area (Å²) in [6.45, 7) is 0. The molecular weight excluding hydrogens is 466 g/mol. The first-order chi connectivity index (χ1) is 13.6. The second kappa shape index (κ2) is 7.07. The molecule has 1 N–H and O–H groups in total. The number of fused-ring (bicyclic) bond motifs is 2. The number of benzene rings is 2. The minimum absolute atomic E-state index is 0.129. The van der Waals surface area contributed by atoms with E-state index in [4.69, 9.17) is 44.6 Å². The van der Waals surface area contributed by atoms with Crippen LogP contribution < -0.4 is 9.22 Å². The third-order valence-corrected chi connectivity index (χ3v) is 7.06. The largest absolute Gasteiger partial charge is 0.481 e. The van der Waals surface area contributed by atoms with Gasteiger partial charge in [-0.3, -0.25) is 4.79 Å². The maximum atomic E-state index is 14.0. The molecule has 1 amide bonds. The molecule has 6 nitrogen and oxygen atoms in total. The van der Waals surface area contributed by atoms with Crippen molar-refractivity contribution in [2.45, 2.75) is 12.5 Å². The smallest absolute Gasteiger partial charge is 0.367 e. The van der Waals surface area contributed by atoms with Crippen LogP contribution in [0.5, 0.6) is 5.75 Å². The van der Waals surface area contributed by atoms with Crippen molar-refractivity contribution >= 4 is 79.1 Å². The summed E-state index contributed by atoms with van der Waals surface area (Å²) in [5, 5.41) is 9.90. The number of hydrogen-bond donors (Lipinski definition) is 1. The van der Waals surface area contributed by atoms with Crippen LogP contribution >= 0.6 is 46.1 Å². The van der Waals surface area contributed by atoms with E-state index in [0.717, 1.165) is 17.4 Å². The summed E-state index contributed by atoms with van der Waals surface area (Å²) in [4.78, 5) is 29.0. The third-order valence-electron chi connectivity index (χ3n) is 4.64. The number of aliphatic carboxylic acids is 1. The van der Waals surface area contributed by atoms with Gasteiger partial charge in [-0.1, -0.05) is 46.1 Å². The van der Waals surface area contributed by atoms with E-state index in [1.807, 2.05) is 0 Å².